The van der Waals surface area contributed by atoms with Gasteiger partial charge in [-0.15, -0.1) is 0 Å². The Morgan fingerprint density at radius 1 is 1.27 bits per heavy atom. The number of carbonyl (C=O) groups excluding carboxylic acids is 1. The summed E-state index contributed by atoms with van der Waals surface area (Å²) in [5, 5.41) is 3.33. The number of aromatic nitrogens is 2. The third-order valence-electron chi connectivity index (χ3n) is 3.32. The van der Waals surface area contributed by atoms with Crippen LogP contribution in [0.25, 0.3) is 10.9 Å². The zero-order valence-corrected chi connectivity index (χ0v) is 12.0. The highest BCUT2D eigenvalue weighted by molar-refractivity contribution is 6.06. The first-order valence-corrected chi connectivity index (χ1v) is 6.87. The Hall–Kier alpha value is -2.82. The molecule has 2 aromatic heterocycles. The molecule has 5 heteroatoms. The summed E-state index contributed by atoms with van der Waals surface area (Å²) in [5.74, 6) is -0.649. The second kappa shape index (κ2) is 5.89. The van der Waals surface area contributed by atoms with Crippen LogP contribution in [0.3, 0.4) is 0 Å². The summed E-state index contributed by atoms with van der Waals surface area (Å²) < 4.78 is 13.5. The molecular formula is C17H14FN3O. The fourth-order valence-electron chi connectivity index (χ4n) is 2.30. The Morgan fingerprint density at radius 3 is 2.91 bits per heavy atom. The average molecular weight is 295 g/mol. The number of aryl methyl sites for hydroxylation is 1. The highest BCUT2D eigenvalue weighted by atomic mass is 19.1. The first-order chi connectivity index (χ1) is 10.6. The van der Waals surface area contributed by atoms with Crippen LogP contribution in [0.4, 0.5) is 4.39 Å². The molecule has 1 N–H and O–H groups in total. The fraction of sp³-hybridized carbons (Fsp3) is 0.118. The van der Waals surface area contributed by atoms with Crippen molar-refractivity contribution in [2.75, 3.05) is 0 Å². The smallest absolute Gasteiger partial charge is 0.252 e. The highest BCUT2D eigenvalue weighted by Crippen LogP contribution is 2.19. The van der Waals surface area contributed by atoms with E-state index in [1.807, 2.05) is 12.1 Å². The van der Waals surface area contributed by atoms with Gasteiger partial charge < -0.3 is 5.32 Å². The maximum absolute atomic E-state index is 13.5. The topological polar surface area (TPSA) is 54.9 Å². The van der Waals surface area contributed by atoms with Crippen LogP contribution in [0.1, 0.15) is 21.6 Å². The van der Waals surface area contributed by atoms with Crippen LogP contribution in [-0.2, 0) is 6.54 Å². The summed E-state index contributed by atoms with van der Waals surface area (Å²) in [5.41, 5.74) is 2.64. The van der Waals surface area contributed by atoms with Crippen LogP contribution in [0, 0.1) is 12.7 Å². The molecule has 110 valence electrons. The average Bonchev–Trinajstić information content (AvgIpc) is 2.53. The van der Waals surface area contributed by atoms with E-state index in [1.165, 1.54) is 12.1 Å². The third-order valence-corrected chi connectivity index (χ3v) is 3.32. The predicted molar refractivity (Wildman–Crippen MR) is 81.8 cm³/mol. The molecule has 4 nitrogen and oxygen atoms in total. The van der Waals surface area contributed by atoms with Gasteiger partial charge in [-0.2, -0.15) is 0 Å². The molecule has 0 bridgehead atoms. The van der Waals surface area contributed by atoms with Crippen molar-refractivity contribution < 1.29 is 9.18 Å². The highest BCUT2D eigenvalue weighted by Gasteiger charge is 2.12. The molecular weight excluding hydrogens is 281 g/mol. The normalized spacial score (nSPS) is 10.6. The lowest BCUT2D eigenvalue weighted by Crippen LogP contribution is -2.23. The Kier molecular flexibility index (Phi) is 3.78. The van der Waals surface area contributed by atoms with Crippen LogP contribution in [-0.4, -0.2) is 15.9 Å². The van der Waals surface area contributed by atoms with Crippen molar-refractivity contribution in [2.45, 2.75) is 13.5 Å². The molecule has 0 atom stereocenters. The van der Waals surface area contributed by atoms with E-state index in [4.69, 9.17) is 0 Å². The van der Waals surface area contributed by atoms with Crippen LogP contribution in [0.2, 0.25) is 0 Å². The van der Waals surface area contributed by atoms with Gasteiger partial charge in [0.1, 0.15) is 5.82 Å². The van der Waals surface area contributed by atoms with E-state index in [1.54, 1.807) is 31.5 Å². The number of fused-ring (bicyclic) bond motifs is 1. The predicted octanol–water partition coefficient (Wildman–Crippen LogP) is 3.01. The molecule has 2 heterocycles. The van der Waals surface area contributed by atoms with E-state index in [2.05, 4.69) is 15.3 Å². The lowest BCUT2D eigenvalue weighted by Gasteiger charge is -2.09. The van der Waals surface area contributed by atoms with Crippen LogP contribution in [0.5, 0.6) is 0 Å². The molecule has 3 aromatic rings. The summed E-state index contributed by atoms with van der Waals surface area (Å²) in [4.78, 5) is 20.7. The summed E-state index contributed by atoms with van der Waals surface area (Å²) >= 11 is 0. The third kappa shape index (κ3) is 2.93. The standard InChI is InChI=1S/C17H14FN3O/c1-11-7-15(14-8-13(18)4-5-16(14)21-11)17(22)20-10-12-3-2-6-19-9-12/h2-9H,10H2,1H3,(H,20,22). The molecule has 0 saturated carbocycles. The van der Waals surface area contributed by atoms with Crippen molar-refractivity contribution in [1.82, 2.24) is 15.3 Å². The number of nitrogens with zero attached hydrogens (tertiary/aromatic N) is 2. The molecule has 0 aliphatic rings. The van der Waals surface area contributed by atoms with E-state index in [9.17, 15) is 9.18 Å². The maximum Gasteiger partial charge on any atom is 0.252 e. The molecule has 0 unspecified atom stereocenters. The molecule has 0 spiro atoms. The van der Waals surface area contributed by atoms with E-state index < -0.39 is 0 Å². The minimum Gasteiger partial charge on any atom is -0.348 e. The number of pyridine rings is 2. The van der Waals surface area contributed by atoms with E-state index in [0.717, 1.165) is 5.56 Å². The monoisotopic (exact) mass is 295 g/mol. The Bertz CT molecular complexity index is 834. The molecule has 0 radical (unpaired) electrons. The van der Waals surface area contributed by atoms with Gasteiger partial charge in [-0.25, -0.2) is 4.39 Å². The molecule has 0 aliphatic heterocycles. The lowest BCUT2D eigenvalue weighted by atomic mass is 10.1. The van der Waals surface area contributed by atoms with Crippen molar-refractivity contribution in [3.63, 3.8) is 0 Å². The molecule has 0 aliphatic carbocycles. The van der Waals surface area contributed by atoms with Gasteiger partial charge in [0, 0.05) is 30.0 Å². The van der Waals surface area contributed by atoms with Crippen LogP contribution in [0.15, 0.2) is 48.8 Å². The summed E-state index contributed by atoms with van der Waals surface area (Å²) in [6, 6.07) is 9.61. The minimum atomic E-state index is -0.389. The zero-order valence-electron chi connectivity index (χ0n) is 12.0. The van der Waals surface area contributed by atoms with Gasteiger partial charge in [0.15, 0.2) is 0 Å². The van der Waals surface area contributed by atoms with Crippen LogP contribution < -0.4 is 5.32 Å². The zero-order chi connectivity index (χ0) is 15.5. The molecule has 3 rings (SSSR count). The molecule has 1 aromatic carbocycles. The van der Waals surface area contributed by atoms with E-state index in [-0.39, 0.29) is 11.7 Å². The number of halogens is 1. The van der Waals surface area contributed by atoms with E-state index in [0.29, 0.717) is 28.7 Å². The van der Waals surface area contributed by atoms with Gasteiger partial charge in [-0.3, -0.25) is 14.8 Å². The number of nitrogens with one attached hydrogen (secondary N) is 1. The lowest BCUT2D eigenvalue weighted by molar-refractivity contribution is 0.0952. The number of hydrogen-bond donors (Lipinski definition) is 1. The Morgan fingerprint density at radius 2 is 2.14 bits per heavy atom. The number of hydrogen-bond acceptors (Lipinski definition) is 3. The first kappa shape index (κ1) is 14.1. The number of amides is 1. The Labute approximate surface area is 127 Å². The summed E-state index contributed by atoms with van der Waals surface area (Å²) in [6.45, 7) is 2.17. The van der Waals surface area contributed by atoms with Gasteiger partial charge in [0.05, 0.1) is 11.1 Å². The molecule has 0 fully saturated rings. The molecule has 22 heavy (non-hydrogen) atoms. The second-order valence-corrected chi connectivity index (χ2v) is 5.02. The van der Waals surface area contributed by atoms with E-state index >= 15 is 0 Å². The number of carbonyl (C=O) groups is 1. The van der Waals surface area contributed by atoms with Crippen molar-refractivity contribution in [1.29, 1.82) is 0 Å². The summed E-state index contributed by atoms with van der Waals surface area (Å²) in [6.07, 6.45) is 3.36. The van der Waals surface area contributed by atoms with Crippen molar-refractivity contribution >= 4 is 16.8 Å². The van der Waals surface area contributed by atoms with Crippen LogP contribution >= 0.6 is 0 Å². The van der Waals surface area contributed by atoms with Crippen molar-refractivity contribution in [3.8, 4) is 0 Å². The van der Waals surface area contributed by atoms with Gasteiger partial charge in [0.2, 0.25) is 0 Å². The van der Waals surface area contributed by atoms with Gasteiger partial charge >= 0.3 is 0 Å². The molecule has 1 amide bonds. The quantitative estimate of drug-likeness (QED) is 0.808. The van der Waals surface area contributed by atoms with Gasteiger partial charge in [-0.1, -0.05) is 6.07 Å². The Balaban J connectivity index is 1.91. The number of benzene rings is 1. The van der Waals surface area contributed by atoms with Gasteiger partial charge in [0.25, 0.3) is 5.91 Å². The molecule has 0 saturated heterocycles. The number of rotatable bonds is 3. The van der Waals surface area contributed by atoms with Crippen molar-refractivity contribution in [2.24, 2.45) is 0 Å². The van der Waals surface area contributed by atoms with Gasteiger partial charge in [-0.05, 0) is 42.8 Å². The maximum atomic E-state index is 13.5. The first-order valence-electron chi connectivity index (χ1n) is 6.87. The SMILES string of the molecule is Cc1cc(C(=O)NCc2cccnc2)c2cc(F)ccc2n1. The largest absolute Gasteiger partial charge is 0.348 e. The summed E-state index contributed by atoms with van der Waals surface area (Å²) in [7, 11) is 0. The second-order valence-electron chi connectivity index (χ2n) is 5.02. The minimum absolute atomic E-state index is 0.259. The fourth-order valence-corrected chi connectivity index (χ4v) is 2.30. The van der Waals surface area contributed by atoms with Crippen molar-refractivity contribution in [3.05, 3.63) is 71.4 Å².